The van der Waals surface area contributed by atoms with Gasteiger partial charge in [0, 0.05) is 5.57 Å². The summed E-state index contributed by atoms with van der Waals surface area (Å²) < 4.78 is 10.6. The zero-order chi connectivity index (χ0) is 20.5. The number of methoxy groups -OCH3 is 1. The van der Waals surface area contributed by atoms with Crippen LogP contribution >= 0.6 is 12.2 Å². The molecule has 0 saturated carbocycles. The molecule has 0 N–H and O–H groups in total. The van der Waals surface area contributed by atoms with Gasteiger partial charge in [-0.05, 0) is 42.8 Å². The van der Waals surface area contributed by atoms with E-state index in [4.69, 9.17) is 21.7 Å². The molecule has 4 nitrogen and oxygen atoms in total. The lowest BCUT2D eigenvalue weighted by atomic mass is 9.81. The number of ether oxygens (including phenoxy) is 2. The van der Waals surface area contributed by atoms with Crippen LogP contribution in [0.15, 0.2) is 23.8 Å². The number of carbonyl (C=O) groups is 2. The van der Waals surface area contributed by atoms with Gasteiger partial charge >= 0.3 is 0 Å². The summed E-state index contributed by atoms with van der Waals surface area (Å²) in [5.74, 6) is 0.309. The summed E-state index contributed by atoms with van der Waals surface area (Å²) in [6.45, 7) is 4.23. The quantitative estimate of drug-likeness (QED) is 0.312. The minimum absolute atomic E-state index is 0.0202. The average Bonchev–Trinajstić information content (AvgIpc) is 2.69. The largest absolute Gasteiger partial charge is 0.496 e. The lowest BCUT2D eigenvalue weighted by Gasteiger charge is -2.23. The van der Waals surface area contributed by atoms with E-state index in [1.165, 1.54) is 45.3 Å². The molecule has 0 aromatic heterocycles. The number of benzene rings is 1. The molecule has 152 valence electrons. The van der Waals surface area contributed by atoms with Crippen molar-refractivity contribution in [1.29, 1.82) is 0 Å². The van der Waals surface area contributed by atoms with E-state index in [0.717, 1.165) is 24.8 Å². The van der Waals surface area contributed by atoms with Crippen LogP contribution < -0.4 is 9.47 Å². The Balaban J connectivity index is 2.10. The van der Waals surface area contributed by atoms with Gasteiger partial charge in [-0.25, -0.2) is 0 Å². The van der Waals surface area contributed by atoms with Crippen molar-refractivity contribution in [2.24, 2.45) is 5.92 Å². The summed E-state index contributed by atoms with van der Waals surface area (Å²) in [6, 6.07) is 3.24. The Bertz CT molecular complexity index is 751. The van der Waals surface area contributed by atoms with E-state index >= 15 is 0 Å². The third-order valence-corrected chi connectivity index (χ3v) is 5.41. The van der Waals surface area contributed by atoms with Gasteiger partial charge in [0.15, 0.2) is 17.1 Å². The predicted molar refractivity (Wildman–Crippen MR) is 116 cm³/mol. The first-order chi connectivity index (χ1) is 13.5. The van der Waals surface area contributed by atoms with E-state index in [1.807, 2.05) is 6.92 Å². The van der Waals surface area contributed by atoms with E-state index < -0.39 is 0 Å². The molecule has 0 bridgehead atoms. The van der Waals surface area contributed by atoms with Gasteiger partial charge in [-0.3, -0.25) is 9.59 Å². The van der Waals surface area contributed by atoms with Crippen molar-refractivity contribution in [3.8, 4) is 11.5 Å². The molecule has 1 aromatic rings. The number of unbranched alkanes of at least 4 members (excludes halogenated alkanes) is 6. The van der Waals surface area contributed by atoms with Crippen LogP contribution in [0, 0.1) is 5.92 Å². The Hall–Kier alpha value is -2.01. The van der Waals surface area contributed by atoms with Crippen LogP contribution in [-0.4, -0.2) is 24.2 Å². The van der Waals surface area contributed by atoms with Crippen LogP contribution in [0.3, 0.4) is 0 Å². The average molecular weight is 403 g/mol. The fourth-order valence-electron chi connectivity index (χ4n) is 3.71. The first kappa shape index (κ1) is 22.3. The maximum atomic E-state index is 13.2. The summed E-state index contributed by atoms with van der Waals surface area (Å²) in [7, 11) is 1.48. The topological polar surface area (TPSA) is 52.6 Å². The second kappa shape index (κ2) is 11.1. The number of fused-ring (bicyclic) bond motifs is 1. The molecule has 0 spiro atoms. The van der Waals surface area contributed by atoms with Crippen LogP contribution in [0.5, 0.6) is 11.5 Å². The molecule has 0 aliphatic heterocycles. The van der Waals surface area contributed by atoms with Gasteiger partial charge < -0.3 is 9.47 Å². The molecule has 1 aliphatic carbocycles. The zero-order valence-corrected chi connectivity index (χ0v) is 17.9. The number of thiocarbonyl (C=S) groups is 1. The second-order valence-electron chi connectivity index (χ2n) is 7.33. The molecule has 28 heavy (non-hydrogen) atoms. The highest BCUT2D eigenvalue weighted by Gasteiger charge is 2.33. The van der Waals surface area contributed by atoms with Gasteiger partial charge in [0.05, 0.1) is 18.2 Å². The van der Waals surface area contributed by atoms with Crippen LogP contribution in [0.25, 0.3) is 0 Å². The fourth-order valence-corrected chi connectivity index (χ4v) is 3.81. The van der Waals surface area contributed by atoms with Crippen LogP contribution in [-0.2, 0) is 0 Å². The number of carbonyl (C=O) groups excluding carboxylic acids is 2. The van der Waals surface area contributed by atoms with E-state index in [-0.39, 0.29) is 28.6 Å². The van der Waals surface area contributed by atoms with Crippen LogP contribution in [0.1, 0.15) is 85.9 Å². The third kappa shape index (κ3) is 5.28. The van der Waals surface area contributed by atoms with E-state index in [9.17, 15) is 9.59 Å². The van der Waals surface area contributed by atoms with Crippen molar-refractivity contribution in [2.45, 2.75) is 65.2 Å². The standard InChI is InChI=1S/C23H30O4S/c1-4-5-6-7-8-9-10-11-16(2)17-14-18(24)21-19(26-3)12-13-20(27-15-28)22(21)23(17)25/h12-16H,4-11H2,1-3H3. The molecule has 1 atom stereocenters. The molecule has 0 saturated heterocycles. The van der Waals surface area contributed by atoms with E-state index in [1.54, 1.807) is 12.1 Å². The predicted octanol–water partition coefficient (Wildman–Crippen LogP) is 6.11. The van der Waals surface area contributed by atoms with E-state index in [2.05, 4.69) is 6.92 Å². The van der Waals surface area contributed by atoms with Gasteiger partial charge in [0.2, 0.25) is 0 Å². The van der Waals surface area contributed by atoms with Crippen molar-refractivity contribution in [3.63, 3.8) is 0 Å². The summed E-state index contributed by atoms with van der Waals surface area (Å²) in [5, 5.41) is 0. The molecule has 0 heterocycles. The van der Waals surface area contributed by atoms with Crippen molar-refractivity contribution in [1.82, 2.24) is 0 Å². The highest BCUT2D eigenvalue weighted by molar-refractivity contribution is 7.78. The van der Waals surface area contributed by atoms with Gasteiger partial charge in [0.1, 0.15) is 11.5 Å². The summed E-state index contributed by atoms with van der Waals surface area (Å²) >= 11 is 4.77. The van der Waals surface area contributed by atoms with Gasteiger partial charge in [-0.15, -0.1) is 0 Å². The first-order valence-corrected chi connectivity index (χ1v) is 10.6. The highest BCUT2D eigenvalue weighted by atomic mass is 32.1. The van der Waals surface area contributed by atoms with Crippen LogP contribution in [0.2, 0.25) is 0 Å². The number of hydrogen-bond acceptors (Lipinski definition) is 5. The van der Waals surface area contributed by atoms with Crippen molar-refractivity contribution in [2.75, 3.05) is 7.11 Å². The van der Waals surface area contributed by atoms with Gasteiger partial charge in [0.25, 0.3) is 0 Å². The number of rotatable bonds is 12. The molecule has 2 rings (SSSR count). The highest BCUT2D eigenvalue weighted by Crippen LogP contribution is 2.38. The number of allylic oxidation sites excluding steroid dienone is 2. The Labute approximate surface area is 173 Å². The molecule has 1 aromatic carbocycles. The molecule has 1 unspecified atom stereocenters. The summed E-state index contributed by atoms with van der Waals surface area (Å²) in [4.78, 5) is 25.9. The maximum absolute atomic E-state index is 13.2. The van der Waals surface area contributed by atoms with Crippen LogP contribution in [0.4, 0.5) is 0 Å². The number of Topliss-reactive ketones (excluding diaryl/α,β-unsaturated/α-hetero) is 1. The second-order valence-corrected chi connectivity index (χ2v) is 7.53. The number of hydrogen-bond donors (Lipinski definition) is 0. The molecule has 0 fully saturated rings. The van der Waals surface area contributed by atoms with Crippen molar-refractivity contribution >= 4 is 29.3 Å². The lowest BCUT2D eigenvalue weighted by Crippen LogP contribution is -2.22. The molecule has 0 radical (unpaired) electrons. The summed E-state index contributed by atoms with van der Waals surface area (Å²) in [5.41, 5.74) is 2.16. The Morgan fingerprint density at radius 1 is 1.00 bits per heavy atom. The fraction of sp³-hybridized carbons (Fsp3) is 0.522. The summed E-state index contributed by atoms with van der Waals surface area (Å²) in [6.07, 6.45) is 10.9. The molecule has 1 aliphatic rings. The first-order valence-electron chi connectivity index (χ1n) is 10.2. The minimum atomic E-state index is -0.220. The molecular weight excluding hydrogens is 372 g/mol. The Kier molecular flexibility index (Phi) is 8.84. The number of ketones is 2. The monoisotopic (exact) mass is 402 g/mol. The molecule has 5 heteroatoms. The Morgan fingerprint density at radius 3 is 2.29 bits per heavy atom. The normalized spacial score (nSPS) is 14.3. The maximum Gasteiger partial charge on any atom is 0.194 e. The van der Waals surface area contributed by atoms with Gasteiger partial charge in [-0.2, -0.15) is 0 Å². The van der Waals surface area contributed by atoms with E-state index in [0.29, 0.717) is 17.1 Å². The molecule has 0 amide bonds. The van der Waals surface area contributed by atoms with Crippen molar-refractivity contribution < 1.29 is 19.1 Å². The zero-order valence-electron chi connectivity index (χ0n) is 17.1. The van der Waals surface area contributed by atoms with Gasteiger partial charge in [-0.1, -0.05) is 58.8 Å². The molecular formula is C23H30O4S. The Morgan fingerprint density at radius 2 is 1.64 bits per heavy atom. The van der Waals surface area contributed by atoms with Crippen molar-refractivity contribution in [3.05, 3.63) is 34.9 Å². The third-order valence-electron chi connectivity index (χ3n) is 5.32. The minimum Gasteiger partial charge on any atom is -0.496 e. The SMILES string of the molecule is CCCCCCCCCC(C)C1=CC(=O)c2c(OC)ccc(OC=S)c2C1=O. The lowest BCUT2D eigenvalue weighted by molar-refractivity contribution is 0.0970. The smallest absolute Gasteiger partial charge is 0.194 e.